The molecule has 0 aliphatic heterocycles. The summed E-state index contributed by atoms with van der Waals surface area (Å²) in [5.74, 6) is 0.633. The number of ketones is 1. The molecule has 90 valence electrons. The van der Waals surface area contributed by atoms with Gasteiger partial charge in [0.25, 0.3) is 0 Å². The van der Waals surface area contributed by atoms with Crippen LogP contribution in [0, 0.1) is 18.3 Å². The second-order valence-corrected chi connectivity index (χ2v) is 5.15. The highest BCUT2D eigenvalue weighted by Crippen LogP contribution is 2.45. The van der Waals surface area contributed by atoms with Crippen LogP contribution >= 0.6 is 0 Å². The number of rotatable bonds is 2. The van der Waals surface area contributed by atoms with Crippen LogP contribution in [0.5, 0.6) is 0 Å². The van der Waals surface area contributed by atoms with Gasteiger partial charge in [0, 0.05) is 5.56 Å². The Labute approximate surface area is 102 Å². The Balaban J connectivity index is 2.61. The normalized spacial score (nSPS) is 27.7. The summed E-state index contributed by atoms with van der Waals surface area (Å²) in [5, 5.41) is 0. The molecule has 17 heavy (non-hydrogen) atoms. The summed E-state index contributed by atoms with van der Waals surface area (Å²) in [5.41, 5.74) is 2.50. The zero-order valence-corrected chi connectivity index (χ0v) is 10.7. The zero-order chi connectivity index (χ0) is 12.8. The van der Waals surface area contributed by atoms with Gasteiger partial charge in [0.2, 0.25) is 5.78 Å². The Hall–Kier alpha value is -1.57. The molecule has 1 aliphatic carbocycles. The molecule has 2 heteroatoms. The van der Waals surface area contributed by atoms with Gasteiger partial charge in [-0.15, -0.1) is 6.58 Å². The summed E-state index contributed by atoms with van der Waals surface area (Å²) < 4.78 is 5.40. The molecule has 2 atom stereocenters. The van der Waals surface area contributed by atoms with Crippen molar-refractivity contribution in [2.24, 2.45) is 11.3 Å². The van der Waals surface area contributed by atoms with E-state index in [1.807, 2.05) is 20.8 Å². The van der Waals surface area contributed by atoms with E-state index in [9.17, 15) is 4.79 Å². The van der Waals surface area contributed by atoms with Gasteiger partial charge in [-0.3, -0.25) is 4.79 Å². The number of allylic oxidation sites excluding steroid dienone is 2. The lowest BCUT2D eigenvalue weighted by molar-refractivity contribution is 0.0760. The van der Waals surface area contributed by atoms with E-state index in [-0.39, 0.29) is 11.7 Å². The third-order valence-electron chi connectivity index (χ3n) is 3.95. The van der Waals surface area contributed by atoms with Crippen molar-refractivity contribution in [2.75, 3.05) is 0 Å². The fraction of sp³-hybridized carbons (Fsp3) is 0.400. The van der Waals surface area contributed by atoms with Crippen molar-refractivity contribution >= 4 is 5.78 Å². The maximum atomic E-state index is 12.5. The molecule has 2 nitrogen and oxygen atoms in total. The number of furan rings is 1. The minimum atomic E-state index is -0.594. The van der Waals surface area contributed by atoms with Crippen LogP contribution < -0.4 is 0 Å². The first-order chi connectivity index (χ1) is 7.91. The number of hydrogen-bond donors (Lipinski definition) is 0. The average molecular weight is 230 g/mol. The number of fused-ring (bicyclic) bond motifs is 1. The molecule has 0 amide bonds. The highest BCUT2D eigenvalue weighted by molar-refractivity contribution is 6.02. The molecule has 0 aromatic carbocycles. The zero-order valence-electron chi connectivity index (χ0n) is 10.7. The fourth-order valence-corrected chi connectivity index (χ4v) is 2.65. The average Bonchev–Trinajstić information content (AvgIpc) is 2.65. The molecule has 2 rings (SSSR count). The van der Waals surface area contributed by atoms with E-state index in [1.54, 1.807) is 12.3 Å². The quantitative estimate of drug-likeness (QED) is 0.725. The van der Waals surface area contributed by atoms with Crippen molar-refractivity contribution in [3.63, 3.8) is 0 Å². The third-order valence-corrected chi connectivity index (χ3v) is 3.95. The predicted octanol–water partition coefficient (Wildman–Crippen LogP) is 3.71. The van der Waals surface area contributed by atoms with Crippen LogP contribution in [-0.2, 0) is 6.42 Å². The second kappa shape index (κ2) is 3.73. The Morgan fingerprint density at radius 3 is 2.82 bits per heavy atom. The van der Waals surface area contributed by atoms with E-state index < -0.39 is 5.41 Å². The SMILES string of the molecule is C=CC1(C)C(=O)c2occ(C)c2CC1C(=C)C. The topological polar surface area (TPSA) is 30.2 Å². The highest BCUT2D eigenvalue weighted by Gasteiger charge is 2.46. The van der Waals surface area contributed by atoms with E-state index in [1.165, 1.54) is 0 Å². The number of hydrogen-bond acceptors (Lipinski definition) is 2. The van der Waals surface area contributed by atoms with Gasteiger partial charge in [-0.1, -0.05) is 18.2 Å². The molecule has 1 heterocycles. The largest absolute Gasteiger partial charge is 0.461 e. The fourth-order valence-electron chi connectivity index (χ4n) is 2.65. The molecule has 0 saturated heterocycles. The Kier molecular flexibility index (Phi) is 2.61. The summed E-state index contributed by atoms with van der Waals surface area (Å²) in [6, 6.07) is 0. The van der Waals surface area contributed by atoms with Crippen LogP contribution in [0.4, 0.5) is 0 Å². The lowest BCUT2D eigenvalue weighted by Gasteiger charge is -2.37. The summed E-state index contributed by atoms with van der Waals surface area (Å²) in [6.07, 6.45) is 4.20. The molecular weight excluding hydrogens is 212 g/mol. The van der Waals surface area contributed by atoms with Crippen molar-refractivity contribution in [2.45, 2.75) is 27.2 Å². The van der Waals surface area contributed by atoms with Gasteiger partial charge in [0.1, 0.15) is 0 Å². The lowest BCUT2D eigenvalue weighted by Crippen LogP contribution is -2.40. The molecule has 0 fully saturated rings. The van der Waals surface area contributed by atoms with Gasteiger partial charge >= 0.3 is 0 Å². The van der Waals surface area contributed by atoms with Gasteiger partial charge in [0.05, 0.1) is 11.7 Å². The number of Topliss-reactive ketones (excluding diaryl/α,β-unsaturated/α-hetero) is 1. The summed E-state index contributed by atoms with van der Waals surface area (Å²) in [7, 11) is 0. The van der Waals surface area contributed by atoms with Crippen LogP contribution in [0.2, 0.25) is 0 Å². The van der Waals surface area contributed by atoms with Crippen LogP contribution in [0.1, 0.15) is 35.5 Å². The van der Waals surface area contributed by atoms with Crippen molar-refractivity contribution < 1.29 is 9.21 Å². The van der Waals surface area contributed by atoms with Crippen LogP contribution in [0.25, 0.3) is 0 Å². The molecule has 0 spiro atoms. The summed E-state index contributed by atoms with van der Waals surface area (Å²) in [4.78, 5) is 12.5. The van der Waals surface area contributed by atoms with E-state index >= 15 is 0 Å². The molecule has 1 aromatic heterocycles. The summed E-state index contributed by atoms with van der Waals surface area (Å²) in [6.45, 7) is 13.7. The Bertz CT molecular complexity index is 507. The first-order valence-corrected chi connectivity index (χ1v) is 5.82. The highest BCUT2D eigenvalue weighted by atomic mass is 16.3. The van der Waals surface area contributed by atoms with E-state index in [4.69, 9.17) is 4.42 Å². The van der Waals surface area contributed by atoms with Gasteiger partial charge in [-0.05, 0) is 38.7 Å². The molecule has 0 saturated carbocycles. The lowest BCUT2D eigenvalue weighted by atomic mass is 9.64. The van der Waals surface area contributed by atoms with Crippen LogP contribution in [0.3, 0.4) is 0 Å². The van der Waals surface area contributed by atoms with Crippen LogP contribution in [0.15, 0.2) is 35.5 Å². The van der Waals surface area contributed by atoms with Crippen molar-refractivity contribution in [1.82, 2.24) is 0 Å². The minimum Gasteiger partial charge on any atom is -0.461 e. The monoisotopic (exact) mass is 230 g/mol. The van der Waals surface area contributed by atoms with E-state index in [0.29, 0.717) is 5.76 Å². The summed E-state index contributed by atoms with van der Waals surface area (Å²) >= 11 is 0. The molecule has 0 radical (unpaired) electrons. The minimum absolute atomic E-state index is 0.0230. The smallest absolute Gasteiger partial charge is 0.208 e. The van der Waals surface area contributed by atoms with E-state index in [2.05, 4.69) is 13.2 Å². The predicted molar refractivity (Wildman–Crippen MR) is 68.1 cm³/mol. The first kappa shape index (κ1) is 11.9. The van der Waals surface area contributed by atoms with Crippen LogP contribution in [-0.4, -0.2) is 5.78 Å². The second-order valence-electron chi connectivity index (χ2n) is 5.15. The van der Waals surface area contributed by atoms with Crippen molar-refractivity contribution in [3.05, 3.63) is 48.0 Å². The van der Waals surface area contributed by atoms with Gasteiger partial charge in [-0.2, -0.15) is 0 Å². The molecule has 2 unspecified atom stereocenters. The molecular formula is C15H18O2. The molecule has 0 bridgehead atoms. The van der Waals surface area contributed by atoms with Crippen molar-refractivity contribution in [3.8, 4) is 0 Å². The van der Waals surface area contributed by atoms with Gasteiger partial charge < -0.3 is 4.42 Å². The Morgan fingerprint density at radius 2 is 2.29 bits per heavy atom. The molecule has 1 aromatic rings. The van der Waals surface area contributed by atoms with Gasteiger partial charge in [0.15, 0.2) is 5.76 Å². The number of aryl methyl sites for hydroxylation is 1. The van der Waals surface area contributed by atoms with Crippen molar-refractivity contribution in [1.29, 1.82) is 0 Å². The maximum Gasteiger partial charge on any atom is 0.208 e. The molecule has 0 N–H and O–H groups in total. The molecule has 1 aliphatic rings. The number of carbonyl (C=O) groups is 1. The van der Waals surface area contributed by atoms with E-state index in [0.717, 1.165) is 23.1 Å². The standard InChI is InChI=1S/C15H18O2/c1-6-15(5)12(9(2)3)7-11-10(4)8-17-13(11)14(15)16/h6,8,12H,1-2,7H2,3-5H3. The first-order valence-electron chi connectivity index (χ1n) is 5.82. The van der Waals surface area contributed by atoms with Gasteiger partial charge in [-0.25, -0.2) is 0 Å². The number of carbonyl (C=O) groups excluding carboxylic acids is 1. The maximum absolute atomic E-state index is 12.5. The third kappa shape index (κ3) is 1.51. The Morgan fingerprint density at radius 1 is 1.65 bits per heavy atom.